The molecule has 0 aliphatic carbocycles. The third kappa shape index (κ3) is 11.8. The van der Waals surface area contributed by atoms with Crippen LogP contribution in [0.1, 0.15) is 93.9 Å². The summed E-state index contributed by atoms with van der Waals surface area (Å²) in [5.41, 5.74) is 6.42. The van der Waals surface area contributed by atoms with Crippen molar-refractivity contribution in [2.45, 2.75) is 105 Å². The highest BCUT2D eigenvalue weighted by atomic mass is 32.2. The number of nitrogens with one attached hydrogen (secondary N) is 2. The number of para-hydroxylation sites is 2. The first-order valence-corrected chi connectivity index (χ1v) is 18.7. The van der Waals surface area contributed by atoms with Gasteiger partial charge >= 0.3 is 0 Å². The highest BCUT2D eigenvalue weighted by Gasteiger charge is 2.32. The van der Waals surface area contributed by atoms with E-state index in [1.807, 2.05) is 17.8 Å². The summed E-state index contributed by atoms with van der Waals surface area (Å²) in [4.78, 5) is 29.2. The van der Waals surface area contributed by atoms with E-state index >= 15 is 0 Å². The van der Waals surface area contributed by atoms with Crippen LogP contribution in [0.2, 0.25) is 0 Å². The zero-order chi connectivity index (χ0) is 32.7. The number of carbonyl (C=O) groups excluding carboxylic acids is 2. The van der Waals surface area contributed by atoms with Crippen molar-refractivity contribution in [3.63, 3.8) is 0 Å². The molecule has 2 N–H and O–H groups in total. The van der Waals surface area contributed by atoms with Crippen LogP contribution in [0.4, 0.5) is 11.4 Å². The van der Waals surface area contributed by atoms with Crippen molar-refractivity contribution in [2.75, 3.05) is 61.4 Å². The molecule has 2 amide bonds. The van der Waals surface area contributed by atoms with E-state index in [2.05, 4.69) is 87.4 Å². The quantitative estimate of drug-likeness (QED) is 0.113. The highest BCUT2D eigenvalue weighted by molar-refractivity contribution is 7.99. The molecule has 1 aliphatic rings. The number of anilines is 2. The molecule has 1 aliphatic heterocycles. The molecule has 6 nitrogen and oxygen atoms in total. The molecule has 0 aromatic heterocycles. The van der Waals surface area contributed by atoms with Gasteiger partial charge in [-0.05, 0) is 114 Å². The fourth-order valence-electron chi connectivity index (χ4n) is 6.89. The molecule has 0 saturated carbocycles. The van der Waals surface area contributed by atoms with Crippen molar-refractivity contribution in [1.29, 1.82) is 0 Å². The van der Waals surface area contributed by atoms with Gasteiger partial charge in [0.2, 0.25) is 5.91 Å². The lowest BCUT2D eigenvalue weighted by molar-refractivity contribution is -0.918. The van der Waals surface area contributed by atoms with E-state index in [4.69, 9.17) is 0 Å². The molecule has 0 radical (unpaired) electrons. The van der Waals surface area contributed by atoms with Gasteiger partial charge in [-0.25, -0.2) is 0 Å². The highest BCUT2D eigenvalue weighted by Crippen LogP contribution is 2.25. The largest absolute Gasteiger partial charge is 0.324 e. The molecule has 1 saturated heterocycles. The molecule has 2 unspecified atom stereocenters. The van der Waals surface area contributed by atoms with E-state index in [0.29, 0.717) is 6.54 Å². The summed E-state index contributed by atoms with van der Waals surface area (Å²) in [6.07, 6.45) is 10.2. The Kier molecular flexibility index (Phi) is 16.0. The van der Waals surface area contributed by atoms with Crippen molar-refractivity contribution in [3.8, 4) is 0 Å². The molecular formula is C38H61N4O2S+. The minimum Gasteiger partial charge on any atom is -0.324 e. The molecule has 1 fully saturated rings. The Balaban J connectivity index is 1.54. The first-order chi connectivity index (χ1) is 21.7. The van der Waals surface area contributed by atoms with Crippen LogP contribution < -0.4 is 10.6 Å². The summed E-state index contributed by atoms with van der Waals surface area (Å²) in [5.74, 6) is 2.50. The molecule has 45 heavy (non-hydrogen) atoms. The standard InChI is InChI=1S/C38H60N4O2S/c1-7-9-13-25-42(27-28-45-8-2,29-35(43)39-36-30(3)18-15-19-31(36)4)26-14-11-10-12-23-41-24-17-22-34(41)38(44)40-37-32(5)20-16-21-33(37)6/h15-16,18-21,34H,7-14,17,22-29H2,1-6H3,(H-,39,40,43,44)/p+1. The van der Waals surface area contributed by atoms with E-state index in [1.54, 1.807) is 0 Å². The molecule has 0 spiro atoms. The fourth-order valence-corrected chi connectivity index (χ4v) is 7.70. The SMILES string of the molecule is CCCCC[N+](CCCCCCN1CCCC1C(=O)Nc1c(C)cccc1C)(CCSCC)CC(=O)Nc1c(C)cccc1C. The lowest BCUT2D eigenvalue weighted by atomic mass is 10.1. The number of nitrogens with zero attached hydrogens (tertiary/aromatic N) is 2. The summed E-state index contributed by atoms with van der Waals surface area (Å²) in [5, 5.41) is 6.53. The Bertz CT molecular complexity index is 1170. The van der Waals surface area contributed by atoms with Gasteiger partial charge < -0.3 is 15.1 Å². The van der Waals surface area contributed by atoms with Gasteiger partial charge in [-0.2, -0.15) is 11.8 Å². The Labute approximate surface area is 278 Å². The zero-order valence-corrected chi connectivity index (χ0v) is 30.0. The molecule has 1 heterocycles. The van der Waals surface area contributed by atoms with Gasteiger partial charge in [0, 0.05) is 17.1 Å². The average molecular weight is 638 g/mol. The second kappa shape index (κ2) is 19.3. The van der Waals surface area contributed by atoms with E-state index in [1.165, 1.54) is 25.7 Å². The van der Waals surface area contributed by atoms with Crippen LogP contribution in [0.3, 0.4) is 0 Å². The van der Waals surface area contributed by atoms with Gasteiger partial charge in [0.1, 0.15) is 0 Å². The van der Waals surface area contributed by atoms with Crippen molar-refractivity contribution in [3.05, 3.63) is 58.7 Å². The Morgan fingerprint density at radius 1 is 0.800 bits per heavy atom. The van der Waals surface area contributed by atoms with Crippen LogP contribution >= 0.6 is 11.8 Å². The maximum atomic E-state index is 13.5. The third-order valence-electron chi connectivity index (χ3n) is 9.60. The average Bonchev–Trinajstić information content (AvgIpc) is 3.48. The first kappa shape index (κ1) is 37.1. The number of benzene rings is 2. The summed E-state index contributed by atoms with van der Waals surface area (Å²) < 4.78 is 0.885. The molecule has 2 aromatic rings. The van der Waals surface area contributed by atoms with Gasteiger partial charge in [-0.1, -0.05) is 63.1 Å². The lowest BCUT2D eigenvalue weighted by Gasteiger charge is -2.38. The van der Waals surface area contributed by atoms with Gasteiger partial charge in [0.05, 0.1) is 25.7 Å². The van der Waals surface area contributed by atoms with Gasteiger partial charge in [0.25, 0.3) is 5.91 Å². The second-order valence-electron chi connectivity index (χ2n) is 13.3. The molecule has 3 rings (SSSR count). The summed E-state index contributed by atoms with van der Waals surface area (Å²) in [7, 11) is 0. The van der Waals surface area contributed by atoms with Crippen molar-refractivity contribution in [2.24, 2.45) is 0 Å². The Morgan fingerprint density at radius 3 is 1.98 bits per heavy atom. The predicted molar refractivity (Wildman–Crippen MR) is 194 cm³/mol. The third-order valence-corrected chi connectivity index (χ3v) is 10.5. The normalized spacial score (nSPS) is 16.4. The summed E-state index contributed by atoms with van der Waals surface area (Å²) in [6.45, 7) is 18.5. The number of quaternary nitrogens is 1. The van der Waals surface area contributed by atoms with Gasteiger partial charge in [-0.3, -0.25) is 14.5 Å². The first-order valence-electron chi connectivity index (χ1n) is 17.6. The number of carbonyl (C=O) groups is 2. The Morgan fingerprint density at radius 2 is 1.38 bits per heavy atom. The van der Waals surface area contributed by atoms with E-state index in [9.17, 15) is 9.59 Å². The van der Waals surface area contributed by atoms with E-state index < -0.39 is 0 Å². The number of aryl methyl sites for hydroxylation is 4. The monoisotopic (exact) mass is 637 g/mol. The van der Waals surface area contributed by atoms with Crippen LogP contribution in [0, 0.1) is 27.7 Å². The predicted octanol–water partition coefficient (Wildman–Crippen LogP) is 8.28. The second-order valence-corrected chi connectivity index (χ2v) is 14.6. The van der Waals surface area contributed by atoms with Gasteiger partial charge in [0.15, 0.2) is 6.54 Å². The summed E-state index contributed by atoms with van der Waals surface area (Å²) >= 11 is 1.99. The van der Waals surface area contributed by atoms with Crippen molar-refractivity contribution in [1.82, 2.24) is 4.90 Å². The van der Waals surface area contributed by atoms with Crippen LogP contribution in [0.25, 0.3) is 0 Å². The fraction of sp³-hybridized carbons (Fsp3) is 0.632. The maximum Gasteiger partial charge on any atom is 0.279 e. The number of hydrogen-bond acceptors (Lipinski definition) is 4. The topological polar surface area (TPSA) is 61.4 Å². The summed E-state index contributed by atoms with van der Waals surface area (Å²) in [6, 6.07) is 12.3. The molecule has 2 aromatic carbocycles. The number of rotatable bonds is 20. The van der Waals surface area contributed by atoms with Crippen LogP contribution in [-0.2, 0) is 9.59 Å². The minimum absolute atomic E-state index is 0.0293. The van der Waals surface area contributed by atoms with E-state index in [0.717, 1.165) is 114 Å². The van der Waals surface area contributed by atoms with Crippen molar-refractivity contribution < 1.29 is 14.1 Å². The number of unbranched alkanes of at least 4 members (excludes halogenated alkanes) is 5. The zero-order valence-electron chi connectivity index (χ0n) is 29.2. The maximum absolute atomic E-state index is 13.5. The van der Waals surface area contributed by atoms with Crippen LogP contribution in [0.15, 0.2) is 36.4 Å². The molecule has 7 heteroatoms. The number of likely N-dealkylation sites (tertiary alicyclic amines) is 1. The molecule has 2 atom stereocenters. The Hall–Kier alpha value is -2.35. The van der Waals surface area contributed by atoms with Gasteiger partial charge in [-0.15, -0.1) is 0 Å². The lowest BCUT2D eigenvalue weighted by Crippen LogP contribution is -2.54. The molecular weight excluding hydrogens is 577 g/mol. The number of hydrogen-bond donors (Lipinski definition) is 2. The molecule has 250 valence electrons. The minimum atomic E-state index is -0.0293. The van der Waals surface area contributed by atoms with E-state index in [-0.39, 0.29) is 17.9 Å². The smallest absolute Gasteiger partial charge is 0.279 e. The van der Waals surface area contributed by atoms with Crippen LogP contribution in [-0.4, -0.2) is 78.0 Å². The number of thioether (sulfide) groups is 1. The number of amides is 2. The van der Waals surface area contributed by atoms with Crippen LogP contribution in [0.5, 0.6) is 0 Å². The van der Waals surface area contributed by atoms with Crippen molar-refractivity contribution >= 4 is 35.0 Å². The molecule has 0 bridgehead atoms.